The quantitative estimate of drug-likeness (QED) is 0.414. The van der Waals surface area contributed by atoms with E-state index in [-0.39, 0.29) is 18.1 Å². The Morgan fingerprint density at radius 3 is 2.42 bits per heavy atom. The molecule has 2 aromatic carbocycles. The number of anilines is 2. The van der Waals surface area contributed by atoms with Gasteiger partial charge in [0, 0.05) is 38.3 Å². The molecule has 0 aromatic heterocycles. The van der Waals surface area contributed by atoms with Crippen LogP contribution in [0.1, 0.15) is 47.3 Å². The summed E-state index contributed by atoms with van der Waals surface area (Å²) in [5, 5.41) is 17.7. The molecule has 1 unspecified atom stereocenters. The molecule has 0 aliphatic carbocycles. The molecule has 1 atom stereocenters. The Kier molecular flexibility index (Phi) is 9.92. The maximum atomic E-state index is 13.2. The number of benzene rings is 2. The minimum Gasteiger partial charge on any atom is -0.481 e. The molecule has 11 nitrogen and oxygen atoms in total. The first-order chi connectivity index (χ1) is 18.2. The molecule has 0 bridgehead atoms. The van der Waals surface area contributed by atoms with Gasteiger partial charge in [-0.3, -0.25) is 9.59 Å². The summed E-state index contributed by atoms with van der Waals surface area (Å²) in [6.07, 6.45) is 0.0382. The molecule has 1 fully saturated rings. The van der Waals surface area contributed by atoms with Crippen LogP contribution < -0.4 is 20.9 Å². The van der Waals surface area contributed by atoms with E-state index in [1.807, 2.05) is 24.0 Å². The second kappa shape index (κ2) is 13.3. The van der Waals surface area contributed by atoms with Crippen molar-refractivity contribution in [1.29, 1.82) is 0 Å². The third-order valence-electron chi connectivity index (χ3n) is 6.28. The summed E-state index contributed by atoms with van der Waals surface area (Å²) < 4.78 is 4.85. The molecule has 0 spiro atoms. The summed E-state index contributed by atoms with van der Waals surface area (Å²) in [6.45, 7) is 6.29. The number of hydrogen-bond donors (Lipinski definition) is 4. The van der Waals surface area contributed by atoms with Gasteiger partial charge >= 0.3 is 18.1 Å². The van der Waals surface area contributed by atoms with E-state index in [4.69, 9.17) is 4.74 Å². The highest BCUT2D eigenvalue weighted by Gasteiger charge is 2.24. The van der Waals surface area contributed by atoms with Crippen LogP contribution in [0, 0.1) is 6.92 Å². The first kappa shape index (κ1) is 28.3. The smallest absolute Gasteiger partial charge is 0.409 e. The minimum atomic E-state index is -1.04. The van der Waals surface area contributed by atoms with Crippen molar-refractivity contribution >= 4 is 35.4 Å². The topological polar surface area (TPSA) is 140 Å². The van der Waals surface area contributed by atoms with Gasteiger partial charge in [-0.05, 0) is 44.0 Å². The fraction of sp³-hybridized carbons (Fsp3) is 0.407. The van der Waals surface area contributed by atoms with Crippen LogP contribution in [0.4, 0.5) is 21.0 Å². The average molecular weight is 526 g/mol. The summed E-state index contributed by atoms with van der Waals surface area (Å²) in [5.41, 5.74) is 3.12. The fourth-order valence-corrected chi connectivity index (χ4v) is 4.32. The van der Waals surface area contributed by atoms with Gasteiger partial charge in [0.05, 0.1) is 30.9 Å². The minimum absolute atomic E-state index is 0.272. The number of nitrogens with zero attached hydrogens (tertiary/aromatic N) is 2. The van der Waals surface area contributed by atoms with E-state index in [1.54, 1.807) is 42.2 Å². The Bertz CT molecular complexity index is 1150. The summed E-state index contributed by atoms with van der Waals surface area (Å²) in [4.78, 5) is 52.8. The van der Waals surface area contributed by atoms with E-state index in [9.17, 15) is 24.3 Å². The molecule has 4 amide bonds. The van der Waals surface area contributed by atoms with Gasteiger partial charge < -0.3 is 35.6 Å². The Morgan fingerprint density at radius 2 is 1.76 bits per heavy atom. The summed E-state index contributed by atoms with van der Waals surface area (Å²) >= 11 is 0. The van der Waals surface area contributed by atoms with Crippen LogP contribution in [0.25, 0.3) is 0 Å². The monoisotopic (exact) mass is 525 g/mol. The van der Waals surface area contributed by atoms with E-state index < -0.39 is 23.9 Å². The molecular weight excluding hydrogens is 490 g/mol. The van der Waals surface area contributed by atoms with Crippen LogP contribution in [-0.2, 0) is 9.53 Å². The lowest BCUT2D eigenvalue weighted by atomic mass is 10.0. The Morgan fingerprint density at radius 1 is 1.03 bits per heavy atom. The van der Waals surface area contributed by atoms with Crippen molar-refractivity contribution in [3.05, 3.63) is 59.2 Å². The third-order valence-corrected chi connectivity index (χ3v) is 6.28. The standard InChI is InChI=1S/C27H35N5O6/c1-4-28-26(36)30-22-16-20(10-11-23(22)31-12-5-13-32(15-14-31)27(37)38-3)25(35)29-21(17-24(33)34)19-8-6-18(2)7-9-19/h6-11,16,21H,4-5,12-15,17H2,1-3H3,(H,29,35)(H,33,34)(H2,28,30,36). The number of carboxylic acid groups (broad SMARTS) is 1. The first-order valence-corrected chi connectivity index (χ1v) is 12.6. The number of aryl methyl sites for hydroxylation is 1. The molecule has 11 heteroatoms. The van der Waals surface area contributed by atoms with Gasteiger partial charge in [-0.15, -0.1) is 0 Å². The number of carbonyl (C=O) groups is 4. The molecule has 1 aliphatic heterocycles. The number of amides is 4. The van der Waals surface area contributed by atoms with Crippen molar-refractivity contribution in [1.82, 2.24) is 15.5 Å². The summed E-state index contributed by atoms with van der Waals surface area (Å²) in [6, 6.07) is 11.2. The van der Waals surface area contributed by atoms with E-state index in [1.165, 1.54) is 7.11 Å². The largest absolute Gasteiger partial charge is 0.481 e. The Labute approximate surface area is 222 Å². The average Bonchev–Trinajstić information content (AvgIpc) is 3.14. The Balaban J connectivity index is 1.87. The maximum Gasteiger partial charge on any atom is 0.409 e. The number of urea groups is 1. The lowest BCUT2D eigenvalue weighted by Crippen LogP contribution is -2.35. The molecule has 3 rings (SSSR count). The van der Waals surface area contributed by atoms with Crippen LogP contribution in [0.2, 0.25) is 0 Å². The molecule has 1 aliphatic rings. The van der Waals surface area contributed by atoms with Gasteiger partial charge in [0.1, 0.15) is 0 Å². The van der Waals surface area contributed by atoms with Crippen molar-refractivity contribution in [2.75, 3.05) is 50.1 Å². The molecular formula is C27H35N5O6. The van der Waals surface area contributed by atoms with Gasteiger partial charge in [-0.2, -0.15) is 0 Å². The van der Waals surface area contributed by atoms with E-state index in [0.717, 1.165) is 5.56 Å². The van der Waals surface area contributed by atoms with Gasteiger partial charge in [-0.1, -0.05) is 29.8 Å². The summed E-state index contributed by atoms with van der Waals surface area (Å²) in [5.74, 6) is -1.50. The van der Waals surface area contributed by atoms with E-state index in [0.29, 0.717) is 56.1 Å². The number of carboxylic acids is 1. The molecule has 1 saturated heterocycles. The van der Waals surface area contributed by atoms with E-state index >= 15 is 0 Å². The molecule has 4 N–H and O–H groups in total. The number of nitrogens with one attached hydrogen (secondary N) is 3. The van der Waals surface area contributed by atoms with Crippen molar-refractivity contribution in [2.45, 2.75) is 32.7 Å². The van der Waals surface area contributed by atoms with Crippen molar-refractivity contribution in [3.63, 3.8) is 0 Å². The van der Waals surface area contributed by atoms with Gasteiger partial charge in [0.25, 0.3) is 5.91 Å². The zero-order chi connectivity index (χ0) is 27.7. The van der Waals surface area contributed by atoms with Crippen LogP contribution in [0.15, 0.2) is 42.5 Å². The lowest BCUT2D eigenvalue weighted by molar-refractivity contribution is -0.137. The second-order valence-corrected chi connectivity index (χ2v) is 9.05. The molecule has 0 radical (unpaired) electrons. The molecule has 2 aromatic rings. The van der Waals surface area contributed by atoms with Crippen molar-refractivity contribution in [3.8, 4) is 0 Å². The Hall–Kier alpha value is -4.28. The highest BCUT2D eigenvalue weighted by atomic mass is 16.5. The first-order valence-electron chi connectivity index (χ1n) is 12.6. The molecule has 0 saturated carbocycles. The molecule has 1 heterocycles. The predicted molar refractivity (Wildman–Crippen MR) is 144 cm³/mol. The number of carbonyl (C=O) groups excluding carboxylic acids is 3. The zero-order valence-electron chi connectivity index (χ0n) is 22.0. The lowest BCUT2D eigenvalue weighted by Gasteiger charge is -2.26. The fourth-order valence-electron chi connectivity index (χ4n) is 4.32. The number of rotatable bonds is 8. The van der Waals surface area contributed by atoms with Crippen molar-refractivity contribution < 1.29 is 29.0 Å². The highest BCUT2D eigenvalue weighted by molar-refractivity contribution is 6.00. The predicted octanol–water partition coefficient (Wildman–Crippen LogP) is 3.36. The molecule has 204 valence electrons. The third kappa shape index (κ3) is 7.61. The number of methoxy groups -OCH3 is 1. The highest BCUT2D eigenvalue weighted by Crippen LogP contribution is 2.29. The van der Waals surface area contributed by atoms with E-state index in [2.05, 4.69) is 16.0 Å². The molecule has 38 heavy (non-hydrogen) atoms. The van der Waals surface area contributed by atoms with Gasteiger partial charge in [0.15, 0.2) is 0 Å². The number of hydrogen-bond acceptors (Lipinski definition) is 6. The zero-order valence-corrected chi connectivity index (χ0v) is 22.0. The van der Waals surface area contributed by atoms with Crippen molar-refractivity contribution in [2.24, 2.45) is 0 Å². The van der Waals surface area contributed by atoms with Gasteiger partial charge in [-0.25, -0.2) is 9.59 Å². The summed E-state index contributed by atoms with van der Waals surface area (Å²) in [7, 11) is 1.35. The van der Waals surface area contributed by atoms with Crippen LogP contribution in [-0.4, -0.2) is 73.8 Å². The SMILES string of the molecule is CCNC(=O)Nc1cc(C(=O)NC(CC(=O)O)c2ccc(C)cc2)ccc1N1CCCN(C(=O)OC)CC1. The second-order valence-electron chi connectivity index (χ2n) is 9.05. The normalized spacial score (nSPS) is 14.2. The van der Waals surface area contributed by atoms with Crippen LogP contribution in [0.5, 0.6) is 0 Å². The van der Waals surface area contributed by atoms with Crippen LogP contribution >= 0.6 is 0 Å². The number of ether oxygens (including phenoxy) is 1. The maximum absolute atomic E-state index is 13.2. The van der Waals surface area contributed by atoms with Crippen LogP contribution in [0.3, 0.4) is 0 Å². The number of aliphatic carboxylic acids is 1. The van der Waals surface area contributed by atoms with Gasteiger partial charge in [0.2, 0.25) is 0 Å².